The van der Waals surface area contributed by atoms with Gasteiger partial charge in [-0.3, -0.25) is 9.59 Å². The Morgan fingerprint density at radius 3 is 2.61 bits per heavy atom. The number of nitrogens with zero attached hydrogens (tertiary/aromatic N) is 1. The molecular weight excluding hydrogens is 457 g/mol. The normalized spacial score (nSPS) is 10.5. The van der Waals surface area contributed by atoms with E-state index in [0.29, 0.717) is 46.9 Å². The predicted octanol–water partition coefficient (Wildman–Crippen LogP) is 5.55. The van der Waals surface area contributed by atoms with Crippen molar-refractivity contribution >= 4 is 51.5 Å². The van der Waals surface area contributed by atoms with E-state index in [4.69, 9.17) is 27.9 Å². The highest BCUT2D eigenvalue weighted by Crippen LogP contribution is 2.28. The quantitative estimate of drug-likeness (QED) is 0.395. The van der Waals surface area contributed by atoms with Gasteiger partial charge in [0.25, 0.3) is 0 Å². The van der Waals surface area contributed by atoms with Crippen LogP contribution in [0, 0.1) is 0 Å². The Morgan fingerprint density at radius 2 is 1.90 bits per heavy atom. The second-order valence-electron chi connectivity index (χ2n) is 6.72. The zero-order valence-corrected chi connectivity index (χ0v) is 19.1. The summed E-state index contributed by atoms with van der Waals surface area (Å²) >= 11 is 13.3. The molecule has 0 spiro atoms. The van der Waals surface area contributed by atoms with Crippen molar-refractivity contribution in [3.8, 4) is 17.0 Å². The molecule has 2 N–H and O–H groups in total. The minimum absolute atomic E-state index is 0.0655. The van der Waals surface area contributed by atoms with Crippen LogP contribution in [0.3, 0.4) is 0 Å². The van der Waals surface area contributed by atoms with Gasteiger partial charge in [0.2, 0.25) is 11.8 Å². The average molecular weight is 478 g/mol. The van der Waals surface area contributed by atoms with Crippen LogP contribution in [0.1, 0.15) is 25.3 Å². The summed E-state index contributed by atoms with van der Waals surface area (Å²) in [6, 6.07) is 12.8. The Bertz CT molecular complexity index is 1050. The van der Waals surface area contributed by atoms with E-state index in [9.17, 15) is 9.59 Å². The van der Waals surface area contributed by atoms with Gasteiger partial charge in [0.05, 0.1) is 17.3 Å². The molecule has 0 aliphatic rings. The first-order chi connectivity index (χ1) is 14.9. The molecule has 3 rings (SSSR count). The smallest absolute Gasteiger partial charge is 0.226 e. The summed E-state index contributed by atoms with van der Waals surface area (Å²) in [4.78, 5) is 27.6. The van der Waals surface area contributed by atoms with Gasteiger partial charge in [0, 0.05) is 35.9 Å². The highest BCUT2D eigenvalue weighted by atomic mass is 35.5. The number of halogens is 2. The Kier molecular flexibility index (Phi) is 8.28. The second-order valence-corrected chi connectivity index (χ2v) is 8.42. The number of hydrogen-bond donors (Lipinski definition) is 2. The average Bonchev–Trinajstić information content (AvgIpc) is 3.19. The third-order valence-corrected chi connectivity index (χ3v) is 5.53. The molecule has 0 unspecified atom stereocenters. The molecule has 6 nitrogen and oxygen atoms in total. The summed E-state index contributed by atoms with van der Waals surface area (Å²) in [7, 11) is 0. The molecule has 0 radical (unpaired) electrons. The zero-order valence-electron chi connectivity index (χ0n) is 16.8. The fraction of sp³-hybridized carbons (Fsp3) is 0.227. The van der Waals surface area contributed by atoms with Crippen molar-refractivity contribution in [1.29, 1.82) is 0 Å². The van der Waals surface area contributed by atoms with Crippen LogP contribution in [-0.2, 0) is 16.1 Å². The first-order valence-corrected chi connectivity index (χ1v) is 11.2. The number of anilines is 1. The molecule has 0 fully saturated rings. The molecule has 3 aromatic rings. The van der Waals surface area contributed by atoms with Crippen LogP contribution in [0.15, 0.2) is 47.8 Å². The third kappa shape index (κ3) is 7.24. The van der Waals surface area contributed by atoms with E-state index in [0.717, 1.165) is 16.8 Å². The molecule has 0 aliphatic heterocycles. The van der Waals surface area contributed by atoms with Gasteiger partial charge in [0.1, 0.15) is 5.75 Å². The van der Waals surface area contributed by atoms with E-state index < -0.39 is 0 Å². The number of nitrogens with one attached hydrogen (secondary N) is 2. The maximum atomic E-state index is 12.2. The minimum atomic E-state index is -0.127. The maximum Gasteiger partial charge on any atom is 0.226 e. The number of rotatable bonds is 9. The minimum Gasteiger partial charge on any atom is -0.492 e. The molecule has 0 bridgehead atoms. The van der Waals surface area contributed by atoms with E-state index in [1.807, 2.05) is 29.6 Å². The first kappa shape index (κ1) is 23.1. The highest BCUT2D eigenvalue weighted by molar-refractivity contribution is 7.14. The van der Waals surface area contributed by atoms with Crippen molar-refractivity contribution in [2.75, 3.05) is 11.9 Å². The Balaban J connectivity index is 1.44. The fourth-order valence-corrected chi connectivity index (χ4v) is 3.87. The van der Waals surface area contributed by atoms with Gasteiger partial charge in [-0.15, -0.1) is 11.3 Å². The standard InChI is InChI=1S/C22H21Cl2N3O3S/c1-14(28)25-12-15-4-6-16(7-5-15)19-13-31-22(26-19)27-21(29)3-2-10-30-20-9-8-17(23)11-18(20)24/h4-9,11,13H,2-3,10,12H2,1H3,(H,25,28)(H,26,27,29). The van der Waals surface area contributed by atoms with Crippen molar-refractivity contribution in [2.45, 2.75) is 26.3 Å². The van der Waals surface area contributed by atoms with Crippen LogP contribution >= 0.6 is 34.5 Å². The number of thiazole rings is 1. The van der Waals surface area contributed by atoms with E-state index in [2.05, 4.69) is 15.6 Å². The van der Waals surface area contributed by atoms with Crippen LogP contribution in [0.4, 0.5) is 5.13 Å². The summed E-state index contributed by atoms with van der Waals surface area (Å²) in [5, 5.41) is 9.00. The van der Waals surface area contributed by atoms with E-state index >= 15 is 0 Å². The topological polar surface area (TPSA) is 80.3 Å². The first-order valence-electron chi connectivity index (χ1n) is 9.57. The van der Waals surface area contributed by atoms with E-state index in [1.54, 1.807) is 18.2 Å². The number of amides is 2. The van der Waals surface area contributed by atoms with Crippen LogP contribution in [0.2, 0.25) is 10.0 Å². The molecule has 2 aromatic carbocycles. The molecule has 2 amide bonds. The lowest BCUT2D eigenvalue weighted by Gasteiger charge is -2.08. The number of ether oxygens (including phenoxy) is 1. The van der Waals surface area contributed by atoms with Crippen molar-refractivity contribution in [2.24, 2.45) is 0 Å². The molecule has 0 saturated carbocycles. The lowest BCUT2D eigenvalue weighted by atomic mass is 10.1. The Morgan fingerprint density at radius 1 is 1.13 bits per heavy atom. The third-order valence-electron chi connectivity index (χ3n) is 4.24. The monoisotopic (exact) mass is 477 g/mol. The lowest BCUT2D eigenvalue weighted by molar-refractivity contribution is -0.119. The van der Waals surface area contributed by atoms with Gasteiger partial charge in [0.15, 0.2) is 5.13 Å². The van der Waals surface area contributed by atoms with Gasteiger partial charge < -0.3 is 15.4 Å². The lowest BCUT2D eigenvalue weighted by Crippen LogP contribution is -2.18. The van der Waals surface area contributed by atoms with Crippen molar-refractivity contribution in [1.82, 2.24) is 10.3 Å². The van der Waals surface area contributed by atoms with Crippen molar-refractivity contribution < 1.29 is 14.3 Å². The van der Waals surface area contributed by atoms with Gasteiger partial charge in [-0.25, -0.2) is 4.98 Å². The SMILES string of the molecule is CC(=O)NCc1ccc(-c2csc(NC(=O)CCCOc3ccc(Cl)cc3Cl)n2)cc1. The fourth-order valence-electron chi connectivity index (χ4n) is 2.67. The van der Waals surface area contributed by atoms with Crippen molar-refractivity contribution in [3.63, 3.8) is 0 Å². The number of carbonyl (C=O) groups is 2. The van der Waals surface area contributed by atoms with Crippen LogP contribution in [0.25, 0.3) is 11.3 Å². The summed E-state index contributed by atoms with van der Waals surface area (Å²) in [6.45, 7) is 2.34. The van der Waals surface area contributed by atoms with Crippen LogP contribution < -0.4 is 15.4 Å². The predicted molar refractivity (Wildman–Crippen MR) is 125 cm³/mol. The van der Waals surface area contributed by atoms with Crippen molar-refractivity contribution in [3.05, 3.63) is 63.5 Å². The summed E-state index contributed by atoms with van der Waals surface area (Å²) < 4.78 is 5.59. The largest absolute Gasteiger partial charge is 0.492 e. The number of benzene rings is 2. The van der Waals surface area contributed by atoms with Crippen LogP contribution in [0.5, 0.6) is 5.75 Å². The van der Waals surface area contributed by atoms with Crippen LogP contribution in [-0.4, -0.2) is 23.4 Å². The number of aromatic nitrogens is 1. The number of carbonyl (C=O) groups excluding carboxylic acids is 2. The van der Waals surface area contributed by atoms with Gasteiger partial charge in [-0.1, -0.05) is 47.5 Å². The maximum absolute atomic E-state index is 12.2. The molecule has 0 saturated heterocycles. The zero-order chi connectivity index (χ0) is 22.2. The molecule has 1 heterocycles. The molecule has 9 heteroatoms. The molecule has 1 aromatic heterocycles. The van der Waals surface area contributed by atoms with Gasteiger partial charge in [-0.2, -0.15) is 0 Å². The highest BCUT2D eigenvalue weighted by Gasteiger charge is 2.09. The second kappa shape index (κ2) is 11.1. The number of hydrogen-bond acceptors (Lipinski definition) is 5. The molecule has 31 heavy (non-hydrogen) atoms. The molecule has 162 valence electrons. The molecule has 0 aliphatic carbocycles. The molecular formula is C22H21Cl2N3O3S. The summed E-state index contributed by atoms with van der Waals surface area (Å²) in [5.74, 6) is 0.348. The summed E-state index contributed by atoms with van der Waals surface area (Å²) in [6.07, 6.45) is 0.844. The van der Waals surface area contributed by atoms with E-state index in [1.165, 1.54) is 18.3 Å². The Hall–Kier alpha value is -2.61. The summed E-state index contributed by atoms with van der Waals surface area (Å²) in [5.41, 5.74) is 2.73. The van der Waals surface area contributed by atoms with Gasteiger partial charge >= 0.3 is 0 Å². The van der Waals surface area contributed by atoms with E-state index in [-0.39, 0.29) is 11.8 Å². The van der Waals surface area contributed by atoms with Gasteiger partial charge in [-0.05, 0) is 30.2 Å². The molecule has 0 atom stereocenters. The Labute approximate surface area is 194 Å².